The van der Waals surface area contributed by atoms with E-state index in [-0.39, 0.29) is 17.0 Å². The van der Waals surface area contributed by atoms with Crippen LogP contribution in [0.4, 0.5) is 0 Å². The topological polar surface area (TPSA) is 102 Å². The second kappa shape index (κ2) is 14.5. The molecule has 1 aromatic heterocycles. The van der Waals surface area contributed by atoms with Gasteiger partial charge in [-0.2, -0.15) is 5.10 Å². The van der Waals surface area contributed by atoms with Crippen LogP contribution in [0.5, 0.6) is 17.2 Å². The number of benzene rings is 4. The third-order valence-electron chi connectivity index (χ3n) is 6.49. The smallest absolute Gasteiger partial charge is 0.343 e. The number of H-pyrrole nitrogens is 1. The van der Waals surface area contributed by atoms with Gasteiger partial charge in [0, 0.05) is 26.0 Å². The molecule has 5 aromatic rings. The van der Waals surface area contributed by atoms with Gasteiger partial charge in [-0.25, -0.2) is 10.2 Å². The van der Waals surface area contributed by atoms with Gasteiger partial charge in [-0.1, -0.05) is 69.5 Å². The first-order valence-corrected chi connectivity index (χ1v) is 16.0. The predicted molar refractivity (Wildman–Crippen MR) is 184 cm³/mol. The number of nitrogens with one attached hydrogen (secondary N) is 2. The van der Waals surface area contributed by atoms with Gasteiger partial charge in [-0.05, 0) is 77.8 Å². The summed E-state index contributed by atoms with van der Waals surface area (Å²) in [6.07, 6.45) is 1.38. The molecule has 0 spiro atoms. The number of esters is 1. The van der Waals surface area contributed by atoms with Crippen molar-refractivity contribution in [1.82, 2.24) is 10.4 Å². The number of halogens is 4. The minimum Gasteiger partial charge on any atom is -0.490 e. The molecule has 0 bridgehead atoms. The van der Waals surface area contributed by atoms with Crippen LogP contribution in [0.2, 0.25) is 10.0 Å². The third-order valence-corrected chi connectivity index (χ3v) is 8.06. The van der Waals surface area contributed by atoms with Crippen molar-refractivity contribution in [3.63, 3.8) is 0 Å². The Morgan fingerprint density at radius 1 is 0.933 bits per heavy atom. The minimum absolute atomic E-state index is 0.199. The molecule has 12 heteroatoms. The van der Waals surface area contributed by atoms with Gasteiger partial charge >= 0.3 is 5.97 Å². The summed E-state index contributed by atoms with van der Waals surface area (Å²) in [7, 11) is 0. The molecule has 230 valence electrons. The molecule has 0 radical (unpaired) electrons. The van der Waals surface area contributed by atoms with Crippen molar-refractivity contribution in [3.05, 3.63) is 109 Å². The molecule has 1 amide bonds. The monoisotopic (exact) mass is 771 g/mol. The Hall–Kier alpha value is -3.83. The Balaban J connectivity index is 1.43. The van der Waals surface area contributed by atoms with E-state index in [2.05, 4.69) is 47.4 Å². The molecule has 8 nitrogen and oxygen atoms in total. The molecule has 0 saturated heterocycles. The highest BCUT2D eigenvalue weighted by atomic mass is 79.9. The zero-order valence-corrected chi connectivity index (χ0v) is 28.6. The Morgan fingerprint density at radius 3 is 2.40 bits per heavy atom. The van der Waals surface area contributed by atoms with Crippen LogP contribution in [0.3, 0.4) is 0 Å². The lowest BCUT2D eigenvalue weighted by atomic mass is 10.0. The van der Waals surface area contributed by atoms with Gasteiger partial charge in [0.25, 0.3) is 5.91 Å². The Bertz CT molecular complexity index is 1930. The number of rotatable bonds is 10. The van der Waals surface area contributed by atoms with Gasteiger partial charge in [0.05, 0.1) is 40.0 Å². The van der Waals surface area contributed by atoms with Crippen LogP contribution in [0, 0.1) is 0 Å². The van der Waals surface area contributed by atoms with Crippen LogP contribution in [-0.2, 0) is 0 Å². The first-order valence-electron chi connectivity index (χ1n) is 13.7. The van der Waals surface area contributed by atoms with E-state index in [1.165, 1.54) is 6.21 Å². The summed E-state index contributed by atoms with van der Waals surface area (Å²) in [5.74, 6) is 0.0226. The van der Waals surface area contributed by atoms with E-state index in [0.717, 1.165) is 5.56 Å². The second-order valence-corrected chi connectivity index (χ2v) is 12.1. The SMILES string of the molecule is CCOc1ccc(C(=O)Oc2c(Br)cc(Br)cc2C=NNC(=O)c2[nH]c3c(Cl)cc(Cl)cc3c2-c2ccccc2)cc1OCC. The summed E-state index contributed by atoms with van der Waals surface area (Å²) in [6, 6.07) is 21.0. The molecular weight excluding hydrogens is 749 g/mol. The largest absolute Gasteiger partial charge is 0.490 e. The molecule has 0 saturated carbocycles. The number of hydrogen-bond acceptors (Lipinski definition) is 6. The van der Waals surface area contributed by atoms with Crippen LogP contribution < -0.4 is 19.6 Å². The fourth-order valence-corrected chi connectivity index (χ4v) is 6.50. The molecule has 4 aromatic carbocycles. The number of aromatic amines is 1. The van der Waals surface area contributed by atoms with E-state index in [1.54, 1.807) is 42.5 Å². The van der Waals surface area contributed by atoms with Crippen molar-refractivity contribution in [2.24, 2.45) is 5.10 Å². The van der Waals surface area contributed by atoms with Crippen molar-refractivity contribution in [2.45, 2.75) is 13.8 Å². The number of carbonyl (C=O) groups excluding carboxylic acids is 2. The van der Waals surface area contributed by atoms with E-state index in [0.29, 0.717) is 65.7 Å². The highest BCUT2D eigenvalue weighted by Gasteiger charge is 2.22. The van der Waals surface area contributed by atoms with Crippen LogP contribution in [-0.4, -0.2) is 36.3 Å². The quantitative estimate of drug-likeness (QED) is 0.0638. The standard InChI is InChI=1S/C33H25Br2Cl2N3O5/c1-3-43-26-11-10-19(13-27(26)44-4-2)33(42)45-31-20(12-21(34)14-24(31)35)17-38-40-32(41)30-28(18-8-6-5-7-9-18)23-15-22(36)16-25(37)29(23)39-30/h5-17,39H,3-4H2,1-2H3,(H,40,41). The highest BCUT2D eigenvalue weighted by molar-refractivity contribution is 9.11. The average molecular weight is 774 g/mol. The zero-order chi connectivity index (χ0) is 32.1. The molecule has 0 fully saturated rings. The van der Waals surface area contributed by atoms with Gasteiger partial charge in [0.15, 0.2) is 17.2 Å². The summed E-state index contributed by atoms with van der Waals surface area (Å²) < 4.78 is 18.2. The summed E-state index contributed by atoms with van der Waals surface area (Å²) >= 11 is 19.7. The van der Waals surface area contributed by atoms with Crippen LogP contribution in [0.1, 0.15) is 40.3 Å². The number of ether oxygens (including phenoxy) is 3. The summed E-state index contributed by atoms with van der Waals surface area (Å²) in [5, 5.41) is 5.70. The van der Waals surface area contributed by atoms with E-state index in [9.17, 15) is 9.59 Å². The Labute approximate surface area is 285 Å². The maximum absolute atomic E-state index is 13.5. The Morgan fingerprint density at radius 2 is 1.67 bits per heavy atom. The normalized spacial score (nSPS) is 11.2. The number of hydrazone groups is 1. The number of fused-ring (bicyclic) bond motifs is 1. The van der Waals surface area contributed by atoms with Crippen molar-refractivity contribution in [3.8, 4) is 28.4 Å². The lowest BCUT2D eigenvalue weighted by Gasteiger charge is -2.13. The highest BCUT2D eigenvalue weighted by Crippen LogP contribution is 2.38. The summed E-state index contributed by atoms with van der Waals surface area (Å²) in [4.78, 5) is 29.8. The number of amides is 1. The van der Waals surface area contributed by atoms with Crippen molar-refractivity contribution < 1.29 is 23.8 Å². The summed E-state index contributed by atoms with van der Waals surface area (Å²) in [6.45, 7) is 4.55. The van der Waals surface area contributed by atoms with E-state index in [1.807, 2.05) is 44.2 Å². The number of nitrogens with zero attached hydrogens (tertiary/aromatic N) is 1. The molecule has 0 aliphatic heterocycles. The maximum Gasteiger partial charge on any atom is 0.343 e. The second-order valence-electron chi connectivity index (χ2n) is 9.47. The van der Waals surface area contributed by atoms with E-state index in [4.69, 9.17) is 37.4 Å². The minimum atomic E-state index is -0.623. The fraction of sp³-hybridized carbons (Fsp3) is 0.121. The lowest BCUT2D eigenvalue weighted by Crippen LogP contribution is -2.19. The maximum atomic E-state index is 13.5. The molecule has 5 rings (SSSR count). The predicted octanol–water partition coefficient (Wildman–Crippen LogP) is 9.45. The average Bonchev–Trinajstić information content (AvgIpc) is 3.40. The molecule has 1 heterocycles. The fourth-order valence-electron chi connectivity index (χ4n) is 4.62. The third kappa shape index (κ3) is 7.36. The molecule has 0 unspecified atom stereocenters. The van der Waals surface area contributed by atoms with Gasteiger partial charge in [0.2, 0.25) is 0 Å². The van der Waals surface area contributed by atoms with Crippen molar-refractivity contribution in [2.75, 3.05) is 13.2 Å². The number of aromatic nitrogens is 1. The number of carbonyl (C=O) groups is 2. The van der Waals surface area contributed by atoms with Crippen molar-refractivity contribution >= 4 is 84.1 Å². The molecule has 2 N–H and O–H groups in total. The van der Waals surface area contributed by atoms with Gasteiger partial charge < -0.3 is 19.2 Å². The van der Waals surface area contributed by atoms with Gasteiger partial charge in [-0.3, -0.25) is 4.79 Å². The van der Waals surface area contributed by atoms with E-state index >= 15 is 0 Å². The lowest BCUT2D eigenvalue weighted by molar-refractivity contribution is 0.0732. The van der Waals surface area contributed by atoms with Crippen LogP contribution >= 0.6 is 55.1 Å². The molecular formula is C33H25Br2Cl2N3O5. The van der Waals surface area contributed by atoms with Crippen LogP contribution in [0.15, 0.2) is 86.8 Å². The van der Waals surface area contributed by atoms with Crippen molar-refractivity contribution in [1.29, 1.82) is 0 Å². The summed E-state index contributed by atoms with van der Waals surface area (Å²) in [5.41, 5.74) is 5.48. The molecule has 0 aliphatic rings. The molecule has 45 heavy (non-hydrogen) atoms. The zero-order valence-electron chi connectivity index (χ0n) is 23.9. The van der Waals surface area contributed by atoms with Gasteiger partial charge in [-0.15, -0.1) is 0 Å². The van der Waals surface area contributed by atoms with E-state index < -0.39 is 11.9 Å². The Kier molecular flexibility index (Phi) is 10.5. The molecule has 0 aliphatic carbocycles. The first kappa shape index (κ1) is 32.6. The van der Waals surface area contributed by atoms with Gasteiger partial charge in [0.1, 0.15) is 5.69 Å². The molecule has 0 atom stereocenters. The van der Waals surface area contributed by atoms with Crippen LogP contribution in [0.25, 0.3) is 22.0 Å². The number of hydrogen-bond donors (Lipinski definition) is 2. The first-order chi connectivity index (χ1) is 21.7.